The highest BCUT2D eigenvalue weighted by Crippen LogP contribution is 2.27. The quantitative estimate of drug-likeness (QED) is 0.550. The summed E-state index contributed by atoms with van der Waals surface area (Å²) < 4.78 is 1.49. The minimum atomic E-state index is -0.375. The van der Waals surface area contributed by atoms with Gasteiger partial charge >= 0.3 is 0 Å². The highest BCUT2D eigenvalue weighted by atomic mass is 16.2. The molecule has 0 atom stereocenters. The Balaban J connectivity index is 1.72. The van der Waals surface area contributed by atoms with E-state index in [2.05, 4.69) is 26.6 Å². The number of fused-ring (bicyclic) bond motifs is 1. The van der Waals surface area contributed by atoms with Crippen LogP contribution in [-0.2, 0) is 7.05 Å². The molecule has 0 saturated heterocycles. The highest BCUT2D eigenvalue weighted by molar-refractivity contribution is 6.05. The maximum atomic E-state index is 12.8. The number of benzene rings is 1. The number of nitriles is 1. The van der Waals surface area contributed by atoms with Gasteiger partial charge in [0.2, 0.25) is 0 Å². The van der Waals surface area contributed by atoms with Gasteiger partial charge in [0, 0.05) is 30.5 Å². The van der Waals surface area contributed by atoms with Crippen LogP contribution in [0.25, 0.3) is 22.2 Å². The van der Waals surface area contributed by atoms with Crippen molar-refractivity contribution < 1.29 is 4.79 Å². The van der Waals surface area contributed by atoms with Gasteiger partial charge in [0.15, 0.2) is 0 Å². The Kier molecular flexibility index (Phi) is 4.64. The van der Waals surface area contributed by atoms with Gasteiger partial charge in [-0.25, -0.2) is 4.98 Å². The van der Waals surface area contributed by atoms with Crippen molar-refractivity contribution in [1.82, 2.24) is 19.7 Å². The van der Waals surface area contributed by atoms with Gasteiger partial charge in [0.1, 0.15) is 17.5 Å². The van der Waals surface area contributed by atoms with Crippen LogP contribution >= 0.6 is 0 Å². The standard InChI is InChI=1S/C22H18N6O2/c1-12-13(2)19(24-11-14(12)10-23)21(29)25-15-6-7-18-17(9-15)20(27-26-18)16-5-4-8-28(3)22(16)30/h4-9,11H,1-3H3,(H,25,29)(H,26,27). The number of rotatable bonds is 3. The maximum Gasteiger partial charge on any atom is 0.274 e. The Labute approximate surface area is 171 Å². The van der Waals surface area contributed by atoms with E-state index in [1.807, 2.05) is 0 Å². The first-order valence-electron chi connectivity index (χ1n) is 9.22. The molecule has 4 rings (SSSR count). The monoisotopic (exact) mass is 398 g/mol. The van der Waals surface area contributed by atoms with Crippen molar-refractivity contribution in [3.63, 3.8) is 0 Å². The highest BCUT2D eigenvalue weighted by Gasteiger charge is 2.17. The molecule has 0 aliphatic rings. The van der Waals surface area contributed by atoms with Gasteiger partial charge in [-0.3, -0.25) is 14.7 Å². The average molecular weight is 398 g/mol. The van der Waals surface area contributed by atoms with Crippen LogP contribution in [-0.4, -0.2) is 25.7 Å². The lowest BCUT2D eigenvalue weighted by atomic mass is 10.0. The molecule has 0 bridgehead atoms. The summed E-state index contributed by atoms with van der Waals surface area (Å²) in [6, 6.07) is 10.9. The predicted octanol–water partition coefficient (Wildman–Crippen LogP) is 3.06. The maximum absolute atomic E-state index is 12.8. The fourth-order valence-corrected chi connectivity index (χ4v) is 3.31. The van der Waals surface area contributed by atoms with Crippen molar-refractivity contribution in [3.8, 4) is 17.3 Å². The van der Waals surface area contributed by atoms with Gasteiger partial charge in [-0.15, -0.1) is 0 Å². The lowest BCUT2D eigenvalue weighted by Gasteiger charge is -2.10. The molecule has 0 unspecified atom stereocenters. The van der Waals surface area contributed by atoms with Crippen LogP contribution in [0.15, 0.2) is 47.5 Å². The summed E-state index contributed by atoms with van der Waals surface area (Å²) in [5, 5.41) is 19.9. The first-order valence-corrected chi connectivity index (χ1v) is 9.22. The summed E-state index contributed by atoms with van der Waals surface area (Å²) in [5.41, 5.74) is 4.21. The molecule has 2 N–H and O–H groups in total. The number of nitrogens with one attached hydrogen (secondary N) is 2. The zero-order valence-corrected chi connectivity index (χ0v) is 16.6. The number of aryl methyl sites for hydroxylation is 1. The second-order valence-electron chi connectivity index (χ2n) is 7.01. The smallest absolute Gasteiger partial charge is 0.274 e. The third-order valence-corrected chi connectivity index (χ3v) is 5.18. The first-order chi connectivity index (χ1) is 14.4. The summed E-state index contributed by atoms with van der Waals surface area (Å²) >= 11 is 0. The lowest BCUT2D eigenvalue weighted by molar-refractivity contribution is 0.102. The van der Waals surface area contributed by atoms with Gasteiger partial charge in [-0.2, -0.15) is 10.4 Å². The van der Waals surface area contributed by atoms with Crippen molar-refractivity contribution in [2.45, 2.75) is 13.8 Å². The van der Waals surface area contributed by atoms with Gasteiger partial charge < -0.3 is 9.88 Å². The van der Waals surface area contributed by atoms with E-state index in [0.717, 1.165) is 16.5 Å². The molecule has 0 spiro atoms. The van der Waals surface area contributed by atoms with Crippen LogP contribution in [0, 0.1) is 25.2 Å². The largest absolute Gasteiger partial charge is 0.321 e. The number of pyridine rings is 2. The summed E-state index contributed by atoms with van der Waals surface area (Å²) in [7, 11) is 1.68. The zero-order chi connectivity index (χ0) is 21.4. The molecule has 4 aromatic rings. The number of hydrogen-bond acceptors (Lipinski definition) is 5. The van der Waals surface area contributed by atoms with Crippen molar-refractivity contribution >= 4 is 22.5 Å². The number of nitrogens with zero attached hydrogens (tertiary/aromatic N) is 4. The normalized spacial score (nSPS) is 10.7. The van der Waals surface area contributed by atoms with Gasteiger partial charge in [-0.1, -0.05) is 0 Å². The predicted molar refractivity (Wildman–Crippen MR) is 113 cm³/mol. The van der Waals surface area contributed by atoms with E-state index >= 15 is 0 Å². The van der Waals surface area contributed by atoms with E-state index < -0.39 is 0 Å². The number of aromatic amines is 1. The molecule has 1 aromatic carbocycles. The number of H-pyrrole nitrogens is 1. The van der Waals surface area contributed by atoms with Crippen molar-refractivity contribution in [2.24, 2.45) is 7.05 Å². The molecule has 3 heterocycles. The van der Waals surface area contributed by atoms with Crippen molar-refractivity contribution in [1.29, 1.82) is 5.26 Å². The molecule has 3 aromatic heterocycles. The molecule has 8 heteroatoms. The Morgan fingerprint density at radius 3 is 2.80 bits per heavy atom. The second-order valence-corrected chi connectivity index (χ2v) is 7.01. The number of aromatic nitrogens is 4. The van der Waals surface area contributed by atoms with E-state index in [1.54, 1.807) is 57.4 Å². The third kappa shape index (κ3) is 3.12. The molecule has 0 saturated carbocycles. The summed E-state index contributed by atoms with van der Waals surface area (Å²) in [5.74, 6) is -0.375. The SMILES string of the molecule is Cc1c(C#N)cnc(C(=O)Nc2ccc3[nH]nc(-c4cccn(C)c4=O)c3c2)c1C. The topological polar surface area (TPSA) is 116 Å². The minimum Gasteiger partial charge on any atom is -0.321 e. The molecule has 148 valence electrons. The number of amides is 1. The number of carbonyl (C=O) groups excluding carboxylic acids is 1. The minimum absolute atomic E-state index is 0.159. The molecule has 1 amide bonds. The molecule has 30 heavy (non-hydrogen) atoms. The van der Waals surface area contributed by atoms with E-state index in [4.69, 9.17) is 5.26 Å². The first kappa shape index (κ1) is 19.1. The third-order valence-electron chi connectivity index (χ3n) is 5.18. The Morgan fingerprint density at radius 1 is 1.23 bits per heavy atom. The summed E-state index contributed by atoms with van der Waals surface area (Å²) in [4.78, 5) is 29.4. The zero-order valence-electron chi connectivity index (χ0n) is 16.6. The van der Waals surface area contributed by atoms with Crippen molar-refractivity contribution in [2.75, 3.05) is 5.32 Å². The summed E-state index contributed by atoms with van der Waals surface area (Å²) in [6.45, 7) is 3.55. The van der Waals surface area contributed by atoms with Crippen LogP contribution in [0.5, 0.6) is 0 Å². The van der Waals surface area contributed by atoms with E-state index in [9.17, 15) is 9.59 Å². The molecule has 0 aliphatic carbocycles. The summed E-state index contributed by atoms with van der Waals surface area (Å²) in [6.07, 6.45) is 3.08. The van der Waals surface area contributed by atoms with Crippen LogP contribution in [0.4, 0.5) is 5.69 Å². The molecular weight excluding hydrogens is 380 g/mol. The van der Waals surface area contributed by atoms with Gasteiger partial charge in [0.25, 0.3) is 11.5 Å². The molecule has 8 nitrogen and oxygen atoms in total. The fourth-order valence-electron chi connectivity index (χ4n) is 3.31. The molecule has 0 fully saturated rings. The Morgan fingerprint density at radius 2 is 2.03 bits per heavy atom. The van der Waals surface area contributed by atoms with Gasteiger partial charge in [0.05, 0.1) is 16.6 Å². The van der Waals surface area contributed by atoms with E-state index in [1.165, 1.54) is 10.8 Å². The molecule has 0 aliphatic heterocycles. The Bertz CT molecular complexity index is 1410. The van der Waals surface area contributed by atoms with Crippen LogP contribution in [0.3, 0.4) is 0 Å². The van der Waals surface area contributed by atoms with Crippen molar-refractivity contribution in [3.05, 3.63) is 75.5 Å². The van der Waals surface area contributed by atoms with Crippen LogP contribution < -0.4 is 10.9 Å². The van der Waals surface area contributed by atoms with Gasteiger partial charge in [-0.05, 0) is 55.3 Å². The Hall–Kier alpha value is -4.25. The average Bonchev–Trinajstić information content (AvgIpc) is 3.15. The van der Waals surface area contributed by atoms with Crippen LogP contribution in [0.2, 0.25) is 0 Å². The van der Waals surface area contributed by atoms with Crippen LogP contribution in [0.1, 0.15) is 27.2 Å². The molecular formula is C22H18N6O2. The number of hydrogen-bond donors (Lipinski definition) is 2. The van der Waals surface area contributed by atoms with E-state index in [0.29, 0.717) is 28.1 Å². The second kappa shape index (κ2) is 7.29. The lowest BCUT2D eigenvalue weighted by Crippen LogP contribution is -2.17. The number of anilines is 1. The molecule has 0 radical (unpaired) electrons. The van der Waals surface area contributed by atoms with E-state index in [-0.39, 0.29) is 17.2 Å². The fraction of sp³-hybridized carbons (Fsp3) is 0.136. The number of carbonyl (C=O) groups is 1.